The molecule has 0 spiro atoms. The number of aromatic nitrogens is 2. The van der Waals surface area contributed by atoms with E-state index in [-0.39, 0.29) is 11.9 Å². The monoisotopic (exact) mass is 243 g/mol. The van der Waals surface area contributed by atoms with Crippen molar-refractivity contribution >= 4 is 5.91 Å². The summed E-state index contributed by atoms with van der Waals surface area (Å²) in [5.41, 5.74) is 1.53. The molecule has 94 valence electrons. The first-order chi connectivity index (χ1) is 8.70. The van der Waals surface area contributed by atoms with Crippen molar-refractivity contribution in [2.45, 2.75) is 26.3 Å². The van der Waals surface area contributed by atoms with E-state index in [4.69, 9.17) is 0 Å². The summed E-state index contributed by atoms with van der Waals surface area (Å²) in [6.07, 6.45) is 4.25. The number of para-hydroxylation sites is 1. The summed E-state index contributed by atoms with van der Waals surface area (Å²) in [6.45, 7) is 4.03. The number of nitrogens with one attached hydrogen (secondary N) is 1. The molecule has 1 amide bonds. The van der Waals surface area contributed by atoms with Gasteiger partial charge in [-0.05, 0) is 25.5 Å². The molecule has 0 aliphatic heterocycles. The van der Waals surface area contributed by atoms with Crippen LogP contribution in [0.3, 0.4) is 0 Å². The molecule has 18 heavy (non-hydrogen) atoms. The highest BCUT2D eigenvalue weighted by Gasteiger charge is 2.11. The minimum Gasteiger partial charge on any atom is -0.349 e. The van der Waals surface area contributed by atoms with Gasteiger partial charge in [-0.2, -0.15) is 5.10 Å². The Kier molecular flexibility index (Phi) is 3.77. The van der Waals surface area contributed by atoms with E-state index in [1.165, 1.54) is 0 Å². The van der Waals surface area contributed by atoms with Crippen LogP contribution in [0.5, 0.6) is 0 Å². The number of hydrogen-bond acceptors (Lipinski definition) is 2. The maximum absolute atomic E-state index is 11.9. The van der Waals surface area contributed by atoms with Gasteiger partial charge in [-0.3, -0.25) is 4.79 Å². The Hall–Kier alpha value is -2.10. The third kappa shape index (κ3) is 2.77. The van der Waals surface area contributed by atoms with Crippen molar-refractivity contribution in [2.24, 2.45) is 0 Å². The molecule has 4 nitrogen and oxygen atoms in total. The lowest BCUT2D eigenvalue weighted by Crippen LogP contribution is -2.31. The molecule has 4 heteroatoms. The van der Waals surface area contributed by atoms with Crippen LogP contribution in [0.4, 0.5) is 0 Å². The number of amides is 1. The zero-order valence-electron chi connectivity index (χ0n) is 10.6. The Bertz CT molecular complexity index is 519. The first-order valence-corrected chi connectivity index (χ1v) is 6.11. The van der Waals surface area contributed by atoms with Crippen LogP contribution < -0.4 is 5.32 Å². The molecule has 0 saturated carbocycles. The van der Waals surface area contributed by atoms with E-state index in [0.29, 0.717) is 5.56 Å². The van der Waals surface area contributed by atoms with Crippen LogP contribution in [0.1, 0.15) is 30.6 Å². The number of carbonyl (C=O) groups excluding carboxylic acids is 1. The summed E-state index contributed by atoms with van der Waals surface area (Å²) in [4.78, 5) is 11.9. The molecule has 2 rings (SSSR count). The van der Waals surface area contributed by atoms with E-state index in [0.717, 1.165) is 12.1 Å². The highest BCUT2D eigenvalue weighted by molar-refractivity contribution is 5.93. The molecule has 0 bridgehead atoms. The van der Waals surface area contributed by atoms with Gasteiger partial charge in [-0.25, -0.2) is 4.68 Å². The minimum absolute atomic E-state index is 0.0773. The van der Waals surface area contributed by atoms with Crippen molar-refractivity contribution < 1.29 is 4.79 Å². The van der Waals surface area contributed by atoms with E-state index in [2.05, 4.69) is 10.4 Å². The normalized spacial score (nSPS) is 12.1. The molecular weight excluding hydrogens is 226 g/mol. The number of rotatable bonds is 4. The summed E-state index contributed by atoms with van der Waals surface area (Å²) in [7, 11) is 0. The van der Waals surface area contributed by atoms with E-state index in [9.17, 15) is 4.79 Å². The SMILES string of the molecule is CC[C@@H](C)NC(=O)c1cnn(-c2ccccc2)c1. The molecular formula is C14H17N3O. The molecule has 1 atom stereocenters. The smallest absolute Gasteiger partial charge is 0.254 e. The van der Waals surface area contributed by atoms with Gasteiger partial charge in [0.1, 0.15) is 0 Å². The second-order valence-corrected chi connectivity index (χ2v) is 4.29. The molecule has 1 aromatic carbocycles. The average Bonchev–Trinajstić information content (AvgIpc) is 2.89. The summed E-state index contributed by atoms with van der Waals surface area (Å²) in [6, 6.07) is 9.90. The van der Waals surface area contributed by atoms with Crippen LogP contribution in [0.25, 0.3) is 5.69 Å². The lowest BCUT2D eigenvalue weighted by molar-refractivity contribution is 0.0939. The molecule has 0 saturated heterocycles. The Morgan fingerprint density at radius 1 is 1.39 bits per heavy atom. The summed E-state index contributed by atoms with van der Waals surface area (Å²) >= 11 is 0. The van der Waals surface area contributed by atoms with Gasteiger partial charge in [-0.1, -0.05) is 25.1 Å². The Morgan fingerprint density at radius 3 is 2.78 bits per heavy atom. The van der Waals surface area contributed by atoms with Gasteiger partial charge in [0.15, 0.2) is 0 Å². The number of hydrogen-bond donors (Lipinski definition) is 1. The van der Waals surface area contributed by atoms with Crippen molar-refractivity contribution in [3.8, 4) is 5.69 Å². The average molecular weight is 243 g/mol. The first-order valence-electron chi connectivity index (χ1n) is 6.11. The second-order valence-electron chi connectivity index (χ2n) is 4.29. The van der Waals surface area contributed by atoms with Crippen LogP contribution in [0, 0.1) is 0 Å². The molecule has 0 aliphatic carbocycles. The van der Waals surface area contributed by atoms with Gasteiger partial charge in [0.05, 0.1) is 17.4 Å². The van der Waals surface area contributed by atoms with Crippen LogP contribution in [0.2, 0.25) is 0 Å². The molecule has 2 aromatic rings. The molecule has 1 N–H and O–H groups in total. The zero-order valence-corrected chi connectivity index (χ0v) is 10.6. The quantitative estimate of drug-likeness (QED) is 0.896. The van der Waals surface area contributed by atoms with Crippen molar-refractivity contribution in [3.63, 3.8) is 0 Å². The molecule has 0 aliphatic rings. The molecule has 1 aromatic heterocycles. The standard InChI is InChI=1S/C14H17N3O/c1-3-11(2)16-14(18)12-9-15-17(10-12)13-7-5-4-6-8-13/h4-11H,3H2,1-2H3,(H,16,18)/t11-/m1/s1. The van der Waals surface area contributed by atoms with E-state index >= 15 is 0 Å². The molecule has 1 heterocycles. The van der Waals surface area contributed by atoms with Gasteiger partial charge in [0, 0.05) is 12.2 Å². The maximum atomic E-state index is 11.9. The van der Waals surface area contributed by atoms with Crippen LogP contribution in [-0.4, -0.2) is 21.7 Å². The van der Waals surface area contributed by atoms with Crippen molar-refractivity contribution in [1.82, 2.24) is 15.1 Å². The predicted octanol–water partition coefficient (Wildman–Crippen LogP) is 2.40. The maximum Gasteiger partial charge on any atom is 0.254 e. The summed E-state index contributed by atoms with van der Waals surface area (Å²) < 4.78 is 1.70. The van der Waals surface area contributed by atoms with Crippen LogP contribution >= 0.6 is 0 Å². The summed E-state index contributed by atoms with van der Waals surface area (Å²) in [5, 5.41) is 7.11. The van der Waals surface area contributed by atoms with Crippen LogP contribution in [0.15, 0.2) is 42.7 Å². The molecule has 0 unspecified atom stereocenters. The highest BCUT2D eigenvalue weighted by atomic mass is 16.1. The van der Waals surface area contributed by atoms with E-state index in [1.54, 1.807) is 17.1 Å². The first kappa shape index (κ1) is 12.4. The Balaban J connectivity index is 2.13. The Labute approximate surface area is 107 Å². The fourth-order valence-corrected chi connectivity index (χ4v) is 1.57. The summed E-state index contributed by atoms with van der Waals surface area (Å²) in [5.74, 6) is -0.0773. The van der Waals surface area contributed by atoms with Gasteiger partial charge in [-0.15, -0.1) is 0 Å². The number of nitrogens with zero attached hydrogens (tertiary/aromatic N) is 2. The van der Waals surface area contributed by atoms with Crippen molar-refractivity contribution in [2.75, 3.05) is 0 Å². The van der Waals surface area contributed by atoms with Crippen molar-refractivity contribution in [1.29, 1.82) is 0 Å². The van der Waals surface area contributed by atoms with E-state index in [1.807, 2.05) is 44.2 Å². The van der Waals surface area contributed by atoms with E-state index < -0.39 is 0 Å². The van der Waals surface area contributed by atoms with Gasteiger partial charge < -0.3 is 5.32 Å². The van der Waals surface area contributed by atoms with Crippen LogP contribution in [-0.2, 0) is 0 Å². The lowest BCUT2D eigenvalue weighted by Gasteiger charge is -2.09. The largest absolute Gasteiger partial charge is 0.349 e. The molecule has 0 radical (unpaired) electrons. The Morgan fingerprint density at radius 2 is 2.11 bits per heavy atom. The highest BCUT2D eigenvalue weighted by Crippen LogP contribution is 2.07. The van der Waals surface area contributed by atoms with Gasteiger partial charge in [0.2, 0.25) is 0 Å². The fourth-order valence-electron chi connectivity index (χ4n) is 1.57. The minimum atomic E-state index is -0.0773. The topological polar surface area (TPSA) is 46.9 Å². The third-order valence-electron chi connectivity index (χ3n) is 2.86. The fraction of sp³-hybridized carbons (Fsp3) is 0.286. The lowest BCUT2D eigenvalue weighted by atomic mass is 10.2. The van der Waals surface area contributed by atoms with Gasteiger partial charge >= 0.3 is 0 Å². The predicted molar refractivity (Wildman–Crippen MR) is 70.8 cm³/mol. The second kappa shape index (κ2) is 5.49. The molecule has 0 fully saturated rings. The zero-order chi connectivity index (χ0) is 13.0. The third-order valence-corrected chi connectivity index (χ3v) is 2.86. The van der Waals surface area contributed by atoms with Gasteiger partial charge in [0.25, 0.3) is 5.91 Å². The number of benzene rings is 1. The van der Waals surface area contributed by atoms with Crippen molar-refractivity contribution in [3.05, 3.63) is 48.3 Å². The number of carbonyl (C=O) groups is 1.